The molecule has 2 nitrogen and oxygen atoms in total. The van der Waals surface area contributed by atoms with Gasteiger partial charge in [0, 0.05) is 12.1 Å². The minimum Gasteiger partial charge on any atom is -0.455 e. The van der Waals surface area contributed by atoms with E-state index in [0.29, 0.717) is 11.3 Å². The van der Waals surface area contributed by atoms with Crippen LogP contribution in [0.3, 0.4) is 0 Å². The van der Waals surface area contributed by atoms with Crippen LogP contribution < -0.4 is 4.74 Å². The summed E-state index contributed by atoms with van der Waals surface area (Å²) in [4.78, 5) is 3.97. The molecule has 0 saturated heterocycles. The van der Waals surface area contributed by atoms with Gasteiger partial charge in [-0.3, -0.25) is 4.98 Å². The van der Waals surface area contributed by atoms with Crippen molar-refractivity contribution >= 4 is 11.6 Å². The van der Waals surface area contributed by atoms with Crippen LogP contribution in [0.1, 0.15) is 16.8 Å². The van der Waals surface area contributed by atoms with Crippen LogP contribution in [-0.2, 0) is 12.1 Å². The lowest BCUT2D eigenvalue weighted by Crippen LogP contribution is -2.08. The fraction of sp³-hybridized carbons (Fsp3) is 0.214. The molecule has 0 atom stereocenters. The van der Waals surface area contributed by atoms with Crippen molar-refractivity contribution in [2.75, 3.05) is 0 Å². The summed E-state index contributed by atoms with van der Waals surface area (Å²) in [6.45, 7) is 1.66. The Bertz CT molecular complexity index is 614. The van der Waals surface area contributed by atoms with E-state index in [0.717, 1.165) is 6.07 Å². The van der Waals surface area contributed by atoms with Gasteiger partial charge in [-0.2, -0.15) is 13.2 Å². The molecule has 0 saturated carbocycles. The summed E-state index contributed by atoms with van der Waals surface area (Å²) in [7, 11) is 0. The number of rotatable bonds is 3. The molecule has 1 aromatic carbocycles. The van der Waals surface area contributed by atoms with E-state index >= 15 is 0 Å². The molecule has 0 spiro atoms. The highest BCUT2D eigenvalue weighted by atomic mass is 35.5. The number of alkyl halides is 4. The zero-order valence-corrected chi connectivity index (χ0v) is 11.3. The van der Waals surface area contributed by atoms with E-state index in [4.69, 9.17) is 16.3 Å². The quantitative estimate of drug-likeness (QED) is 0.749. The van der Waals surface area contributed by atoms with Gasteiger partial charge < -0.3 is 4.74 Å². The molecule has 106 valence electrons. The van der Waals surface area contributed by atoms with Crippen LogP contribution in [0, 0.1) is 6.92 Å². The average molecular weight is 302 g/mol. The van der Waals surface area contributed by atoms with E-state index in [1.807, 2.05) is 0 Å². The zero-order valence-electron chi connectivity index (χ0n) is 10.5. The van der Waals surface area contributed by atoms with E-state index in [1.54, 1.807) is 25.3 Å². The molecule has 0 aliphatic heterocycles. The summed E-state index contributed by atoms with van der Waals surface area (Å²) in [6, 6.07) is 6.94. The van der Waals surface area contributed by atoms with Crippen molar-refractivity contribution < 1.29 is 17.9 Å². The summed E-state index contributed by atoms with van der Waals surface area (Å²) in [5.74, 6) is 0.0361. The third kappa shape index (κ3) is 3.22. The van der Waals surface area contributed by atoms with Gasteiger partial charge >= 0.3 is 6.18 Å². The number of nitrogens with zero attached hydrogens (tertiary/aromatic N) is 1. The zero-order chi connectivity index (χ0) is 14.8. The number of hydrogen-bond donors (Lipinski definition) is 0. The van der Waals surface area contributed by atoms with Gasteiger partial charge in [0.25, 0.3) is 0 Å². The number of benzene rings is 1. The molecule has 1 heterocycles. The SMILES string of the molecule is Cc1ncccc1Oc1ccc(CCl)cc1C(F)(F)F. The molecule has 1 aromatic heterocycles. The largest absolute Gasteiger partial charge is 0.455 e. The molecule has 0 aliphatic carbocycles. The third-order valence-corrected chi connectivity index (χ3v) is 2.99. The first-order chi connectivity index (χ1) is 9.41. The van der Waals surface area contributed by atoms with Crippen LogP contribution in [0.2, 0.25) is 0 Å². The molecule has 0 bridgehead atoms. The van der Waals surface area contributed by atoms with Gasteiger partial charge in [0.2, 0.25) is 0 Å². The smallest absolute Gasteiger partial charge is 0.419 e. The van der Waals surface area contributed by atoms with Crippen molar-refractivity contribution in [3.05, 3.63) is 53.3 Å². The third-order valence-electron chi connectivity index (χ3n) is 2.68. The molecular formula is C14H11ClF3NO. The predicted octanol–water partition coefficient (Wildman–Crippen LogP) is 4.94. The van der Waals surface area contributed by atoms with Crippen LogP contribution in [0.15, 0.2) is 36.5 Å². The van der Waals surface area contributed by atoms with Gasteiger partial charge in [-0.1, -0.05) is 6.07 Å². The first kappa shape index (κ1) is 14.7. The lowest BCUT2D eigenvalue weighted by molar-refractivity contribution is -0.138. The Morgan fingerprint density at radius 3 is 2.55 bits per heavy atom. The molecule has 0 N–H and O–H groups in total. The maximum absolute atomic E-state index is 13.0. The second kappa shape index (κ2) is 5.71. The molecule has 2 aromatic rings. The van der Waals surface area contributed by atoms with Crippen molar-refractivity contribution in [2.45, 2.75) is 19.0 Å². The molecule has 6 heteroatoms. The van der Waals surface area contributed by atoms with E-state index in [1.165, 1.54) is 12.1 Å². The summed E-state index contributed by atoms with van der Waals surface area (Å²) in [6.07, 6.45) is -2.96. The Morgan fingerprint density at radius 1 is 1.20 bits per heavy atom. The Balaban J connectivity index is 2.44. The maximum Gasteiger partial charge on any atom is 0.419 e. The highest BCUT2D eigenvalue weighted by Crippen LogP contribution is 2.39. The molecule has 0 radical (unpaired) electrons. The number of hydrogen-bond acceptors (Lipinski definition) is 2. The first-order valence-electron chi connectivity index (χ1n) is 5.77. The van der Waals surface area contributed by atoms with E-state index in [-0.39, 0.29) is 17.4 Å². The Kier molecular flexibility index (Phi) is 4.18. The normalized spacial score (nSPS) is 11.4. The van der Waals surface area contributed by atoms with Gasteiger partial charge in [0.1, 0.15) is 11.5 Å². The highest BCUT2D eigenvalue weighted by molar-refractivity contribution is 6.17. The van der Waals surface area contributed by atoms with Crippen molar-refractivity contribution in [3.63, 3.8) is 0 Å². The minimum atomic E-state index is -4.51. The molecule has 20 heavy (non-hydrogen) atoms. The number of aryl methyl sites for hydroxylation is 1. The number of ether oxygens (including phenoxy) is 1. The average Bonchev–Trinajstić information content (AvgIpc) is 2.40. The number of aromatic nitrogens is 1. The lowest BCUT2D eigenvalue weighted by Gasteiger charge is -2.15. The second-order valence-electron chi connectivity index (χ2n) is 4.15. The Morgan fingerprint density at radius 2 is 1.95 bits per heavy atom. The van der Waals surface area contributed by atoms with Crippen LogP contribution in [0.4, 0.5) is 13.2 Å². The fourth-order valence-corrected chi connectivity index (χ4v) is 1.83. The fourth-order valence-electron chi connectivity index (χ4n) is 1.67. The molecule has 2 rings (SSSR count). The monoisotopic (exact) mass is 301 g/mol. The van der Waals surface area contributed by atoms with Crippen LogP contribution in [0.25, 0.3) is 0 Å². The minimum absolute atomic E-state index is 0.00921. The van der Waals surface area contributed by atoms with Gasteiger partial charge in [0.15, 0.2) is 0 Å². The topological polar surface area (TPSA) is 22.1 Å². The summed E-state index contributed by atoms with van der Waals surface area (Å²) in [5, 5.41) is 0. The molecular weight excluding hydrogens is 291 g/mol. The van der Waals surface area contributed by atoms with Crippen molar-refractivity contribution in [3.8, 4) is 11.5 Å². The molecule has 0 amide bonds. The summed E-state index contributed by atoms with van der Waals surface area (Å²) in [5.41, 5.74) is 0.0511. The Hall–Kier alpha value is -1.75. The van der Waals surface area contributed by atoms with Crippen molar-refractivity contribution in [1.82, 2.24) is 4.98 Å². The van der Waals surface area contributed by atoms with E-state index in [9.17, 15) is 13.2 Å². The van der Waals surface area contributed by atoms with Crippen molar-refractivity contribution in [2.24, 2.45) is 0 Å². The highest BCUT2D eigenvalue weighted by Gasteiger charge is 2.35. The molecule has 0 fully saturated rings. The summed E-state index contributed by atoms with van der Waals surface area (Å²) >= 11 is 5.57. The van der Waals surface area contributed by atoms with Crippen LogP contribution in [0.5, 0.6) is 11.5 Å². The van der Waals surface area contributed by atoms with E-state index < -0.39 is 11.7 Å². The van der Waals surface area contributed by atoms with Gasteiger partial charge in [-0.15, -0.1) is 11.6 Å². The lowest BCUT2D eigenvalue weighted by atomic mass is 10.1. The van der Waals surface area contributed by atoms with E-state index in [2.05, 4.69) is 4.98 Å². The molecule has 0 aliphatic rings. The van der Waals surface area contributed by atoms with Crippen molar-refractivity contribution in [1.29, 1.82) is 0 Å². The summed E-state index contributed by atoms with van der Waals surface area (Å²) < 4.78 is 44.4. The van der Waals surface area contributed by atoms with Crippen LogP contribution >= 0.6 is 11.6 Å². The van der Waals surface area contributed by atoms with Crippen LogP contribution in [-0.4, -0.2) is 4.98 Å². The number of pyridine rings is 1. The maximum atomic E-state index is 13.0. The standard InChI is InChI=1S/C14H11ClF3NO/c1-9-12(3-2-6-19-9)20-13-5-4-10(8-15)7-11(13)14(16,17)18/h2-7H,8H2,1H3. The second-order valence-corrected chi connectivity index (χ2v) is 4.42. The number of halogens is 4. The first-order valence-corrected chi connectivity index (χ1v) is 6.31. The Labute approximate surface area is 119 Å². The predicted molar refractivity (Wildman–Crippen MR) is 70.0 cm³/mol. The van der Waals surface area contributed by atoms with Gasteiger partial charge in [-0.25, -0.2) is 0 Å². The van der Waals surface area contributed by atoms with Gasteiger partial charge in [-0.05, 0) is 36.8 Å². The molecule has 0 unspecified atom stereocenters. The van der Waals surface area contributed by atoms with Gasteiger partial charge in [0.05, 0.1) is 11.3 Å².